The second kappa shape index (κ2) is 11.6. The number of hydrogen-bond acceptors (Lipinski definition) is 6. The number of nitrogens with one attached hydrogen (secondary N) is 1. The first-order valence-corrected chi connectivity index (χ1v) is 9.76. The molecule has 7 heteroatoms. The second-order valence-corrected chi connectivity index (χ2v) is 5.77. The molecule has 2 aromatic carbocycles. The minimum Gasteiger partial charge on any atom is -0.493 e. The average Bonchev–Trinajstić information content (AvgIpc) is 2.72. The fourth-order valence-corrected chi connectivity index (χ4v) is 2.62. The quantitative estimate of drug-likeness (QED) is 0.455. The van der Waals surface area contributed by atoms with Crippen LogP contribution in [0.3, 0.4) is 0 Å². The number of benzene rings is 2. The summed E-state index contributed by atoms with van der Waals surface area (Å²) in [6, 6.07) is 10.7. The molecule has 2 aromatic rings. The first kappa shape index (κ1) is 22.1. The van der Waals surface area contributed by atoms with Gasteiger partial charge in [0.1, 0.15) is 5.75 Å². The van der Waals surface area contributed by atoms with E-state index >= 15 is 0 Å². The van der Waals surface area contributed by atoms with E-state index < -0.39 is 0 Å². The summed E-state index contributed by atoms with van der Waals surface area (Å²) in [6.45, 7) is 9.38. The Bertz CT molecular complexity index is 809. The maximum Gasteiger partial charge on any atom is 0.271 e. The van der Waals surface area contributed by atoms with Crippen molar-refractivity contribution < 1.29 is 23.7 Å². The largest absolute Gasteiger partial charge is 0.493 e. The van der Waals surface area contributed by atoms with Gasteiger partial charge in [0, 0.05) is 11.1 Å². The average molecular weight is 400 g/mol. The molecule has 0 saturated heterocycles. The van der Waals surface area contributed by atoms with Crippen LogP contribution in [0, 0.1) is 0 Å². The van der Waals surface area contributed by atoms with Crippen molar-refractivity contribution >= 4 is 12.1 Å². The minimum atomic E-state index is -0.389. The lowest BCUT2D eigenvalue weighted by molar-refractivity contribution is 0.0954. The van der Waals surface area contributed by atoms with Crippen LogP contribution in [0.4, 0.5) is 0 Å². The van der Waals surface area contributed by atoms with Crippen LogP contribution in [0.15, 0.2) is 41.5 Å². The number of rotatable bonds is 11. The van der Waals surface area contributed by atoms with Gasteiger partial charge in [0.05, 0.1) is 32.6 Å². The summed E-state index contributed by atoms with van der Waals surface area (Å²) in [7, 11) is 0. The fourth-order valence-electron chi connectivity index (χ4n) is 2.62. The van der Waals surface area contributed by atoms with Gasteiger partial charge < -0.3 is 18.9 Å². The van der Waals surface area contributed by atoms with Crippen molar-refractivity contribution in [2.45, 2.75) is 27.7 Å². The summed E-state index contributed by atoms with van der Waals surface area (Å²) < 4.78 is 22.5. The van der Waals surface area contributed by atoms with Gasteiger partial charge in [0.15, 0.2) is 11.5 Å². The summed E-state index contributed by atoms with van der Waals surface area (Å²) in [5, 5.41) is 4.05. The summed E-state index contributed by atoms with van der Waals surface area (Å²) in [5.41, 5.74) is 3.66. The summed E-state index contributed by atoms with van der Waals surface area (Å²) in [4.78, 5) is 12.6. The van der Waals surface area contributed by atoms with Crippen molar-refractivity contribution in [2.24, 2.45) is 5.10 Å². The third kappa shape index (κ3) is 6.14. The molecule has 0 aliphatic carbocycles. The molecule has 0 unspecified atom stereocenters. The van der Waals surface area contributed by atoms with Crippen LogP contribution in [0.25, 0.3) is 0 Å². The predicted molar refractivity (Wildman–Crippen MR) is 113 cm³/mol. The highest BCUT2D eigenvalue weighted by Crippen LogP contribution is 2.39. The summed E-state index contributed by atoms with van der Waals surface area (Å²) in [6.07, 6.45) is 1.55. The zero-order valence-corrected chi connectivity index (χ0v) is 17.4. The molecule has 0 aliphatic rings. The van der Waals surface area contributed by atoms with Gasteiger partial charge in [-0.3, -0.25) is 4.79 Å². The highest BCUT2D eigenvalue weighted by molar-refractivity contribution is 5.96. The van der Waals surface area contributed by atoms with E-state index in [1.54, 1.807) is 18.3 Å². The molecule has 0 heterocycles. The first-order chi connectivity index (χ1) is 14.1. The van der Waals surface area contributed by atoms with Crippen LogP contribution in [0.5, 0.6) is 23.0 Å². The molecule has 0 atom stereocenters. The van der Waals surface area contributed by atoms with E-state index in [2.05, 4.69) is 10.5 Å². The monoisotopic (exact) mass is 400 g/mol. The minimum absolute atomic E-state index is 0.357. The molecule has 0 saturated carbocycles. The van der Waals surface area contributed by atoms with Gasteiger partial charge in [-0.1, -0.05) is 12.1 Å². The number of carbonyl (C=O) groups is 1. The molecule has 0 radical (unpaired) electrons. The lowest BCUT2D eigenvalue weighted by atomic mass is 10.1. The van der Waals surface area contributed by atoms with E-state index in [4.69, 9.17) is 18.9 Å². The van der Waals surface area contributed by atoms with Gasteiger partial charge in [-0.15, -0.1) is 0 Å². The topological polar surface area (TPSA) is 78.4 Å². The SMILES string of the molecule is CCOc1ccccc1C=NNC(=O)c1cc(OCC)c(OCC)c(OCC)c1. The molecule has 1 N–H and O–H groups in total. The van der Waals surface area contributed by atoms with Gasteiger partial charge in [-0.25, -0.2) is 5.43 Å². The maximum atomic E-state index is 12.6. The Morgan fingerprint density at radius 1 is 0.862 bits per heavy atom. The van der Waals surface area contributed by atoms with E-state index in [-0.39, 0.29) is 5.91 Å². The van der Waals surface area contributed by atoms with Crippen LogP contribution in [-0.4, -0.2) is 38.5 Å². The molecule has 156 valence electrons. The number of ether oxygens (including phenoxy) is 4. The number of carbonyl (C=O) groups excluding carboxylic acids is 1. The lowest BCUT2D eigenvalue weighted by Crippen LogP contribution is -2.18. The zero-order valence-electron chi connectivity index (χ0n) is 17.4. The Hall–Kier alpha value is -3.22. The van der Waals surface area contributed by atoms with Crippen LogP contribution >= 0.6 is 0 Å². The Kier molecular flexibility index (Phi) is 8.82. The van der Waals surface area contributed by atoms with Crippen molar-refractivity contribution in [3.05, 3.63) is 47.5 Å². The highest BCUT2D eigenvalue weighted by atomic mass is 16.5. The number of amides is 1. The van der Waals surface area contributed by atoms with Crippen molar-refractivity contribution in [1.82, 2.24) is 5.43 Å². The smallest absolute Gasteiger partial charge is 0.271 e. The molecule has 29 heavy (non-hydrogen) atoms. The van der Waals surface area contributed by atoms with Crippen molar-refractivity contribution in [3.63, 3.8) is 0 Å². The Morgan fingerprint density at radius 3 is 2.00 bits per heavy atom. The molecular formula is C22H28N2O5. The summed E-state index contributed by atoms with van der Waals surface area (Å²) in [5.74, 6) is 1.71. The zero-order chi connectivity index (χ0) is 21.1. The fraction of sp³-hybridized carbons (Fsp3) is 0.364. The number of nitrogens with zero attached hydrogens (tertiary/aromatic N) is 1. The number of hydrazone groups is 1. The standard InChI is InChI=1S/C22H28N2O5/c1-5-26-18-12-10-9-11-16(18)15-23-24-22(25)17-13-19(27-6-2)21(29-8-4)20(14-17)28-7-3/h9-15H,5-8H2,1-4H3,(H,24,25). The Labute approximate surface area is 171 Å². The van der Waals surface area contributed by atoms with Crippen LogP contribution in [-0.2, 0) is 0 Å². The van der Waals surface area contributed by atoms with Gasteiger partial charge in [0.2, 0.25) is 5.75 Å². The molecule has 0 aromatic heterocycles. The molecule has 2 rings (SSSR count). The third-order valence-electron chi connectivity index (χ3n) is 3.76. The van der Waals surface area contributed by atoms with Gasteiger partial charge in [0.25, 0.3) is 5.91 Å². The van der Waals surface area contributed by atoms with E-state index in [1.165, 1.54) is 0 Å². The predicted octanol–water partition coefficient (Wildman–Crippen LogP) is 4.05. The molecule has 0 aliphatic heterocycles. The molecule has 1 amide bonds. The normalized spacial score (nSPS) is 10.6. The molecule has 0 bridgehead atoms. The summed E-state index contributed by atoms with van der Waals surface area (Å²) >= 11 is 0. The molecule has 7 nitrogen and oxygen atoms in total. The van der Waals surface area contributed by atoms with Crippen LogP contribution in [0.2, 0.25) is 0 Å². The number of para-hydroxylation sites is 1. The first-order valence-electron chi connectivity index (χ1n) is 9.76. The van der Waals surface area contributed by atoms with Crippen molar-refractivity contribution in [1.29, 1.82) is 0 Å². The molecule has 0 spiro atoms. The van der Waals surface area contributed by atoms with Crippen molar-refractivity contribution in [2.75, 3.05) is 26.4 Å². The third-order valence-corrected chi connectivity index (χ3v) is 3.76. The Morgan fingerprint density at radius 2 is 1.41 bits per heavy atom. The second-order valence-electron chi connectivity index (χ2n) is 5.77. The maximum absolute atomic E-state index is 12.6. The van der Waals surface area contributed by atoms with E-state index in [9.17, 15) is 4.79 Å². The Balaban J connectivity index is 2.23. The molecule has 0 fully saturated rings. The van der Waals surface area contributed by atoms with Gasteiger partial charge in [-0.05, 0) is 52.0 Å². The van der Waals surface area contributed by atoms with Gasteiger partial charge >= 0.3 is 0 Å². The lowest BCUT2D eigenvalue weighted by Gasteiger charge is -2.16. The molecular weight excluding hydrogens is 372 g/mol. The van der Waals surface area contributed by atoms with Gasteiger partial charge in [-0.2, -0.15) is 5.10 Å². The van der Waals surface area contributed by atoms with E-state index in [1.807, 2.05) is 52.0 Å². The van der Waals surface area contributed by atoms with E-state index in [0.29, 0.717) is 55.0 Å². The van der Waals surface area contributed by atoms with Crippen LogP contribution in [0.1, 0.15) is 43.6 Å². The van der Waals surface area contributed by atoms with E-state index in [0.717, 1.165) is 5.56 Å². The van der Waals surface area contributed by atoms with Crippen LogP contribution < -0.4 is 24.4 Å². The van der Waals surface area contributed by atoms with Crippen molar-refractivity contribution in [3.8, 4) is 23.0 Å². The number of hydrogen-bond donors (Lipinski definition) is 1. The highest BCUT2D eigenvalue weighted by Gasteiger charge is 2.18.